The predicted octanol–water partition coefficient (Wildman–Crippen LogP) is 4.42. The molecular weight excluding hydrogens is 340 g/mol. The van der Waals surface area contributed by atoms with E-state index >= 15 is 0 Å². The maximum absolute atomic E-state index is 12.9. The standard InChI is InChI=1S/C14H13Cl3FNO2/c15-14(16,17)9-21-13(20)19-7-5-11(6-8-19)10-1-3-12(18)4-2-10/h1-5H,6-9H2. The SMILES string of the molecule is O=C(OCC(Cl)(Cl)Cl)N1CC=C(c2ccc(F)cc2)CC1. The van der Waals surface area contributed by atoms with Gasteiger partial charge in [-0.05, 0) is 29.7 Å². The fraction of sp³-hybridized carbons (Fsp3) is 0.357. The Labute approximate surface area is 137 Å². The first-order chi connectivity index (χ1) is 9.85. The van der Waals surface area contributed by atoms with Crippen LogP contribution in [0.1, 0.15) is 12.0 Å². The van der Waals surface area contributed by atoms with E-state index in [4.69, 9.17) is 39.5 Å². The van der Waals surface area contributed by atoms with Gasteiger partial charge in [-0.3, -0.25) is 0 Å². The van der Waals surface area contributed by atoms with Crippen LogP contribution in [0.2, 0.25) is 0 Å². The van der Waals surface area contributed by atoms with E-state index in [0.717, 1.165) is 11.1 Å². The van der Waals surface area contributed by atoms with Gasteiger partial charge in [0, 0.05) is 13.1 Å². The van der Waals surface area contributed by atoms with Crippen LogP contribution in [0.15, 0.2) is 30.3 Å². The third kappa shape index (κ3) is 5.06. The van der Waals surface area contributed by atoms with Crippen LogP contribution in [0.3, 0.4) is 0 Å². The Balaban J connectivity index is 1.92. The molecule has 1 aliphatic heterocycles. The van der Waals surface area contributed by atoms with E-state index in [1.54, 1.807) is 12.1 Å². The molecule has 0 aromatic heterocycles. The minimum atomic E-state index is -1.61. The lowest BCUT2D eigenvalue weighted by molar-refractivity contribution is 0.108. The number of hydrogen-bond donors (Lipinski definition) is 0. The maximum atomic E-state index is 12.9. The van der Waals surface area contributed by atoms with E-state index in [1.807, 2.05) is 6.08 Å². The van der Waals surface area contributed by atoms with Crippen LogP contribution in [0.5, 0.6) is 0 Å². The number of alkyl halides is 3. The van der Waals surface area contributed by atoms with Gasteiger partial charge in [-0.25, -0.2) is 9.18 Å². The molecule has 1 aliphatic rings. The largest absolute Gasteiger partial charge is 0.445 e. The first kappa shape index (κ1) is 16.4. The summed E-state index contributed by atoms with van der Waals surface area (Å²) in [5.74, 6) is -0.271. The van der Waals surface area contributed by atoms with Crippen molar-refractivity contribution < 1.29 is 13.9 Å². The van der Waals surface area contributed by atoms with Gasteiger partial charge >= 0.3 is 6.09 Å². The molecule has 2 rings (SSSR count). The summed E-state index contributed by atoms with van der Waals surface area (Å²) in [6, 6.07) is 6.27. The first-order valence-corrected chi connectivity index (χ1v) is 7.42. The number of benzene rings is 1. The van der Waals surface area contributed by atoms with Crippen LogP contribution >= 0.6 is 34.8 Å². The molecule has 3 nitrogen and oxygen atoms in total. The third-order valence-electron chi connectivity index (χ3n) is 3.04. The van der Waals surface area contributed by atoms with Crippen LogP contribution in [-0.4, -0.2) is 34.5 Å². The number of carbonyl (C=O) groups excluding carboxylic acids is 1. The van der Waals surface area contributed by atoms with Gasteiger partial charge in [-0.15, -0.1) is 0 Å². The Morgan fingerprint density at radius 1 is 1.29 bits per heavy atom. The second kappa shape index (κ2) is 6.86. The zero-order chi connectivity index (χ0) is 15.5. The van der Waals surface area contributed by atoms with Crippen molar-refractivity contribution in [3.8, 4) is 0 Å². The Morgan fingerprint density at radius 3 is 2.48 bits per heavy atom. The molecule has 7 heteroatoms. The van der Waals surface area contributed by atoms with Crippen molar-refractivity contribution in [2.45, 2.75) is 10.2 Å². The van der Waals surface area contributed by atoms with E-state index in [1.165, 1.54) is 17.0 Å². The van der Waals surface area contributed by atoms with Crippen molar-refractivity contribution in [1.29, 1.82) is 0 Å². The minimum absolute atomic E-state index is 0.271. The molecule has 0 unspecified atom stereocenters. The highest BCUT2D eigenvalue weighted by Crippen LogP contribution is 2.27. The summed E-state index contributed by atoms with van der Waals surface area (Å²) in [7, 11) is 0. The smallest absolute Gasteiger partial charge is 0.410 e. The van der Waals surface area contributed by atoms with Gasteiger partial charge in [0.2, 0.25) is 3.79 Å². The van der Waals surface area contributed by atoms with Gasteiger partial charge in [0.05, 0.1) is 0 Å². The van der Waals surface area contributed by atoms with Gasteiger partial charge < -0.3 is 9.64 Å². The quantitative estimate of drug-likeness (QED) is 0.737. The number of halogens is 4. The molecule has 0 atom stereocenters. The average molecular weight is 353 g/mol. The normalized spacial score (nSPS) is 15.6. The van der Waals surface area contributed by atoms with Crippen LogP contribution in [0.4, 0.5) is 9.18 Å². The Hall–Kier alpha value is -0.970. The van der Waals surface area contributed by atoms with Gasteiger partial charge in [-0.1, -0.05) is 53.0 Å². The van der Waals surface area contributed by atoms with Crippen LogP contribution in [0.25, 0.3) is 5.57 Å². The minimum Gasteiger partial charge on any atom is -0.445 e. The van der Waals surface area contributed by atoms with Gasteiger partial charge in [0.1, 0.15) is 12.4 Å². The summed E-state index contributed by atoms with van der Waals surface area (Å²) in [6.45, 7) is 0.620. The number of hydrogen-bond acceptors (Lipinski definition) is 2. The number of carbonyl (C=O) groups is 1. The predicted molar refractivity (Wildman–Crippen MR) is 82.2 cm³/mol. The second-order valence-electron chi connectivity index (χ2n) is 4.60. The summed E-state index contributed by atoms with van der Waals surface area (Å²) in [5.41, 5.74) is 2.02. The van der Waals surface area contributed by atoms with Gasteiger partial charge in [0.25, 0.3) is 0 Å². The summed E-state index contributed by atoms with van der Waals surface area (Å²) in [5, 5.41) is 0. The molecule has 0 radical (unpaired) electrons. The summed E-state index contributed by atoms with van der Waals surface area (Å²) in [6.07, 6.45) is 2.05. The molecule has 21 heavy (non-hydrogen) atoms. The summed E-state index contributed by atoms with van der Waals surface area (Å²) < 4.78 is 16.2. The zero-order valence-corrected chi connectivity index (χ0v) is 13.3. The Bertz CT molecular complexity index is 540. The van der Waals surface area contributed by atoms with Gasteiger partial charge in [0.15, 0.2) is 0 Å². The van der Waals surface area contributed by atoms with Crippen molar-refractivity contribution >= 4 is 46.5 Å². The summed E-state index contributed by atoms with van der Waals surface area (Å²) in [4.78, 5) is 13.3. The second-order valence-corrected chi connectivity index (χ2v) is 7.12. The van der Waals surface area contributed by atoms with E-state index in [-0.39, 0.29) is 12.4 Å². The number of nitrogens with zero attached hydrogens (tertiary/aromatic N) is 1. The molecule has 0 N–H and O–H groups in total. The van der Waals surface area contributed by atoms with Crippen molar-refractivity contribution in [2.24, 2.45) is 0 Å². The summed E-state index contributed by atoms with van der Waals surface area (Å²) >= 11 is 16.6. The highest BCUT2D eigenvalue weighted by molar-refractivity contribution is 6.67. The lowest BCUT2D eigenvalue weighted by Crippen LogP contribution is -2.36. The van der Waals surface area contributed by atoms with Crippen molar-refractivity contribution in [2.75, 3.05) is 19.7 Å². The van der Waals surface area contributed by atoms with E-state index < -0.39 is 9.89 Å². The molecule has 1 aromatic rings. The lowest BCUT2D eigenvalue weighted by atomic mass is 10.00. The molecule has 0 bridgehead atoms. The Kier molecular flexibility index (Phi) is 5.36. The fourth-order valence-corrected chi connectivity index (χ4v) is 2.16. The molecule has 0 aliphatic carbocycles. The first-order valence-electron chi connectivity index (χ1n) is 6.28. The maximum Gasteiger partial charge on any atom is 0.410 e. The van der Waals surface area contributed by atoms with Gasteiger partial charge in [-0.2, -0.15) is 0 Å². The molecule has 1 amide bonds. The molecule has 0 saturated carbocycles. The van der Waals surface area contributed by atoms with E-state index in [9.17, 15) is 9.18 Å². The van der Waals surface area contributed by atoms with E-state index in [2.05, 4.69) is 0 Å². The van der Waals surface area contributed by atoms with E-state index in [0.29, 0.717) is 19.5 Å². The molecule has 0 spiro atoms. The Morgan fingerprint density at radius 2 is 1.95 bits per heavy atom. The molecule has 114 valence electrons. The zero-order valence-electron chi connectivity index (χ0n) is 11.0. The highest BCUT2D eigenvalue weighted by Gasteiger charge is 2.25. The number of rotatable bonds is 2. The molecule has 0 saturated heterocycles. The average Bonchev–Trinajstić information content (AvgIpc) is 2.45. The topological polar surface area (TPSA) is 29.5 Å². The number of ether oxygens (including phenoxy) is 1. The highest BCUT2D eigenvalue weighted by atomic mass is 35.6. The van der Waals surface area contributed by atoms with Crippen molar-refractivity contribution in [3.63, 3.8) is 0 Å². The van der Waals surface area contributed by atoms with Crippen molar-refractivity contribution in [1.82, 2.24) is 4.90 Å². The fourth-order valence-electron chi connectivity index (χ4n) is 2.00. The van der Waals surface area contributed by atoms with Crippen molar-refractivity contribution in [3.05, 3.63) is 41.7 Å². The van der Waals surface area contributed by atoms with Crippen LogP contribution in [0, 0.1) is 5.82 Å². The lowest BCUT2D eigenvalue weighted by Gasteiger charge is -2.26. The molecular formula is C14H13Cl3FNO2. The van der Waals surface area contributed by atoms with Crippen LogP contribution in [-0.2, 0) is 4.74 Å². The third-order valence-corrected chi connectivity index (χ3v) is 3.37. The number of amides is 1. The van der Waals surface area contributed by atoms with Crippen LogP contribution < -0.4 is 0 Å². The molecule has 0 fully saturated rings. The molecule has 1 heterocycles. The monoisotopic (exact) mass is 351 g/mol. The molecule has 1 aromatic carbocycles.